The second-order valence-electron chi connectivity index (χ2n) is 5.50. The molecule has 0 aliphatic rings. The van der Waals surface area contributed by atoms with Crippen LogP contribution in [0.2, 0.25) is 0 Å². The second kappa shape index (κ2) is 7.06. The van der Waals surface area contributed by atoms with Crippen molar-refractivity contribution in [1.29, 1.82) is 0 Å². The summed E-state index contributed by atoms with van der Waals surface area (Å²) in [6, 6.07) is 14.0. The molecule has 1 N–H and O–H groups in total. The summed E-state index contributed by atoms with van der Waals surface area (Å²) in [5.74, 6) is 0.0394. The maximum absolute atomic E-state index is 13.4. The van der Waals surface area contributed by atoms with Crippen LogP contribution in [-0.4, -0.2) is 29.9 Å². The Morgan fingerprint density at radius 1 is 1.08 bits per heavy atom. The number of aromatic nitrogens is 6. The smallest absolute Gasteiger partial charge is 0.243 e. The predicted octanol–water partition coefficient (Wildman–Crippen LogP) is 2.87. The third kappa shape index (κ3) is 3.39. The van der Waals surface area contributed by atoms with Crippen molar-refractivity contribution in [3.8, 4) is 16.9 Å². The quantitative estimate of drug-likeness (QED) is 0.598. The standard InChI is InChI=1S/C18H14FN7/c19-15-6-3-5-13(8-15)16-10-22-25-18(24-16)21-9-14-4-1-2-7-17(14)26-12-20-11-23-26/h1-8,10-12H,9H2,(H,21,24,25). The van der Waals surface area contributed by atoms with Gasteiger partial charge >= 0.3 is 0 Å². The molecular weight excluding hydrogens is 333 g/mol. The van der Waals surface area contributed by atoms with Gasteiger partial charge in [-0.05, 0) is 23.8 Å². The molecule has 4 aromatic rings. The third-order valence-corrected chi connectivity index (χ3v) is 3.77. The lowest BCUT2D eigenvalue weighted by atomic mass is 10.1. The molecule has 2 aromatic carbocycles. The first-order valence-corrected chi connectivity index (χ1v) is 7.92. The topological polar surface area (TPSA) is 81.4 Å². The van der Waals surface area contributed by atoms with E-state index in [0.29, 0.717) is 23.8 Å². The van der Waals surface area contributed by atoms with Crippen LogP contribution in [0.1, 0.15) is 5.56 Å². The Morgan fingerprint density at radius 2 is 2.00 bits per heavy atom. The second-order valence-corrected chi connectivity index (χ2v) is 5.50. The van der Waals surface area contributed by atoms with E-state index in [-0.39, 0.29) is 5.82 Å². The van der Waals surface area contributed by atoms with E-state index in [1.54, 1.807) is 23.1 Å². The Kier molecular flexibility index (Phi) is 4.29. The summed E-state index contributed by atoms with van der Waals surface area (Å²) >= 11 is 0. The zero-order chi connectivity index (χ0) is 17.8. The van der Waals surface area contributed by atoms with Gasteiger partial charge in [0.25, 0.3) is 0 Å². The van der Waals surface area contributed by atoms with Crippen LogP contribution in [0.5, 0.6) is 0 Å². The number of hydrogen-bond acceptors (Lipinski definition) is 6. The fourth-order valence-electron chi connectivity index (χ4n) is 2.56. The Hall–Kier alpha value is -3.68. The molecule has 0 unspecified atom stereocenters. The van der Waals surface area contributed by atoms with Crippen LogP contribution in [0.25, 0.3) is 16.9 Å². The van der Waals surface area contributed by atoms with Gasteiger partial charge in [0, 0.05) is 12.1 Å². The molecule has 7 nitrogen and oxygen atoms in total. The van der Waals surface area contributed by atoms with Gasteiger partial charge in [0.2, 0.25) is 5.95 Å². The van der Waals surface area contributed by atoms with Crippen LogP contribution >= 0.6 is 0 Å². The molecule has 2 heterocycles. The largest absolute Gasteiger partial charge is 0.349 e. The summed E-state index contributed by atoms with van der Waals surface area (Å²) in [4.78, 5) is 8.38. The normalized spacial score (nSPS) is 10.7. The van der Waals surface area contributed by atoms with Crippen LogP contribution in [0.3, 0.4) is 0 Å². The minimum atomic E-state index is -0.322. The number of rotatable bonds is 5. The molecule has 0 aliphatic heterocycles. The lowest BCUT2D eigenvalue weighted by molar-refractivity contribution is 0.628. The van der Waals surface area contributed by atoms with Gasteiger partial charge in [0.1, 0.15) is 18.5 Å². The van der Waals surface area contributed by atoms with Crippen molar-refractivity contribution < 1.29 is 4.39 Å². The van der Waals surface area contributed by atoms with E-state index in [1.165, 1.54) is 24.7 Å². The van der Waals surface area contributed by atoms with Gasteiger partial charge in [-0.15, -0.1) is 5.10 Å². The summed E-state index contributed by atoms with van der Waals surface area (Å²) in [6.45, 7) is 0.477. The molecule has 0 aliphatic carbocycles. The van der Waals surface area contributed by atoms with E-state index in [4.69, 9.17) is 0 Å². The van der Waals surface area contributed by atoms with Crippen molar-refractivity contribution in [3.63, 3.8) is 0 Å². The minimum Gasteiger partial charge on any atom is -0.349 e. The number of halogens is 1. The summed E-state index contributed by atoms with van der Waals surface area (Å²) < 4.78 is 15.1. The molecule has 0 saturated carbocycles. The first-order valence-electron chi connectivity index (χ1n) is 7.92. The average Bonchev–Trinajstić information content (AvgIpc) is 3.21. The minimum absolute atomic E-state index is 0.322. The van der Waals surface area contributed by atoms with Crippen LogP contribution in [0.4, 0.5) is 10.3 Å². The van der Waals surface area contributed by atoms with Crippen molar-refractivity contribution in [1.82, 2.24) is 29.9 Å². The summed E-state index contributed by atoms with van der Waals surface area (Å²) in [5, 5.41) is 15.3. The van der Waals surface area contributed by atoms with Crippen LogP contribution in [-0.2, 0) is 6.54 Å². The highest BCUT2D eigenvalue weighted by Crippen LogP contribution is 2.18. The zero-order valence-corrected chi connectivity index (χ0v) is 13.6. The van der Waals surface area contributed by atoms with E-state index >= 15 is 0 Å². The first-order chi connectivity index (χ1) is 12.8. The van der Waals surface area contributed by atoms with E-state index in [2.05, 4.69) is 30.6 Å². The Balaban J connectivity index is 1.56. The molecule has 8 heteroatoms. The van der Waals surface area contributed by atoms with Gasteiger partial charge in [0.05, 0.1) is 17.6 Å². The lowest BCUT2D eigenvalue weighted by Gasteiger charge is -2.10. The first kappa shape index (κ1) is 15.8. The van der Waals surface area contributed by atoms with Crippen LogP contribution < -0.4 is 5.32 Å². The number of nitrogens with one attached hydrogen (secondary N) is 1. The van der Waals surface area contributed by atoms with E-state index in [0.717, 1.165) is 11.3 Å². The van der Waals surface area contributed by atoms with Gasteiger partial charge in [-0.25, -0.2) is 19.0 Å². The molecular formula is C18H14FN7. The van der Waals surface area contributed by atoms with Crippen LogP contribution in [0, 0.1) is 5.82 Å². The third-order valence-electron chi connectivity index (χ3n) is 3.77. The van der Waals surface area contributed by atoms with Gasteiger partial charge in [-0.1, -0.05) is 30.3 Å². The van der Waals surface area contributed by atoms with E-state index < -0.39 is 0 Å². The van der Waals surface area contributed by atoms with Gasteiger partial charge in [-0.2, -0.15) is 10.2 Å². The fraction of sp³-hybridized carbons (Fsp3) is 0.0556. The predicted molar refractivity (Wildman–Crippen MR) is 93.9 cm³/mol. The van der Waals surface area contributed by atoms with Crippen molar-refractivity contribution >= 4 is 5.95 Å². The van der Waals surface area contributed by atoms with Gasteiger partial charge in [0.15, 0.2) is 0 Å². The number of anilines is 1. The maximum atomic E-state index is 13.4. The monoisotopic (exact) mass is 347 g/mol. The highest BCUT2D eigenvalue weighted by atomic mass is 19.1. The Morgan fingerprint density at radius 3 is 2.85 bits per heavy atom. The molecule has 2 aromatic heterocycles. The lowest BCUT2D eigenvalue weighted by Crippen LogP contribution is -2.08. The zero-order valence-electron chi connectivity index (χ0n) is 13.6. The van der Waals surface area contributed by atoms with Crippen molar-refractivity contribution in [2.75, 3.05) is 5.32 Å². The molecule has 0 spiro atoms. The highest BCUT2D eigenvalue weighted by Gasteiger charge is 2.07. The highest BCUT2D eigenvalue weighted by molar-refractivity contribution is 5.59. The molecule has 0 bridgehead atoms. The average molecular weight is 347 g/mol. The molecule has 0 radical (unpaired) electrons. The molecule has 4 rings (SSSR count). The number of hydrogen-bond donors (Lipinski definition) is 1. The maximum Gasteiger partial charge on any atom is 0.243 e. The van der Waals surface area contributed by atoms with E-state index in [9.17, 15) is 4.39 Å². The van der Waals surface area contributed by atoms with Crippen LogP contribution in [0.15, 0.2) is 67.4 Å². The van der Waals surface area contributed by atoms with E-state index in [1.807, 2.05) is 24.3 Å². The molecule has 26 heavy (non-hydrogen) atoms. The van der Waals surface area contributed by atoms with Crippen molar-refractivity contribution in [2.24, 2.45) is 0 Å². The number of nitrogens with zero attached hydrogens (tertiary/aromatic N) is 6. The molecule has 0 amide bonds. The molecule has 0 saturated heterocycles. The Labute approximate surface area is 148 Å². The number of para-hydroxylation sites is 1. The van der Waals surface area contributed by atoms with Gasteiger partial charge < -0.3 is 5.32 Å². The van der Waals surface area contributed by atoms with Crippen molar-refractivity contribution in [3.05, 3.63) is 78.8 Å². The van der Waals surface area contributed by atoms with Crippen molar-refractivity contribution in [2.45, 2.75) is 6.54 Å². The SMILES string of the molecule is Fc1cccc(-c2cnnc(NCc3ccccc3-n3cncn3)n2)c1. The molecule has 128 valence electrons. The number of benzene rings is 2. The Bertz CT molecular complexity index is 1020. The van der Waals surface area contributed by atoms with Gasteiger partial charge in [-0.3, -0.25) is 0 Å². The summed E-state index contributed by atoms with van der Waals surface area (Å²) in [6.07, 6.45) is 4.63. The molecule has 0 atom stereocenters. The fourth-order valence-corrected chi connectivity index (χ4v) is 2.56. The molecule has 0 fully saturated rings. The summed E-state index contributed by atoms with van der Waals surface area (Å²) in [7, 11) is 0. The summed E-state index contributed by atoms with van der Waals surface area (Å²) in [5.41, 5.74) is 3.10.